The molecular weight excluding hydrogens is 134 g/mol. The summed E-state index contributed by atoms with van der Waals surface area (Å²) in [6, 6.07) is 0. The minimum Gasteiger partial charge on any atom is -0.481 e. The molecule has 1 unspecified atom stereocenters. The van der Waals surface area contributed by atoms with Gasteiger partial charge in [0.1, 0.15) is 6.10 Å². The molecule has 0 saturated carbocycles. The number of hydrogen-bond donors (Lipinski definition) is 1. The van der Waals surface area contributed by atoms with E-state index in [1.807, 2.05) is 0 Å². The van der Waals surface area contributed by atoms with Crippen molar-refractivity contribution in [3.63, 3.8) is 0 Å². The van der Waals surface area contributed by atoms with E-state index in [1.165, 1.54) is 0 Å². The minimum atomic E-state index is -0.838. The van der Waals surface area contributed by atoms with Crippen molar-refractivity contribution in [3.05, 3.63) is 0 Å². The zero-order valence-electron chi connectivity index (χ0n) is 5.70. The lowest BCUT2D eigenvalue weighted by Crippen LogP contribution is -2.16. The van der Waals surface area contributed by atoms with Crippen molar-refractivity contribution in [1.29, 1.82) is 0 Å². The Morgan fingerprint density at radius 3 is 3.10 bits per heavy atom. The minimum absolute atomic E-state index is 0.0425. The smallest absolute Gasteiger partial charge is 0.307 e. The van der Waals surface area contributed by atoms with Crippen LogP contribution in [-0.4, -0.2) is 29.6 Å². The molecule has 0 bridgehead atoms. The van der Waals surface area contributed by atoms with E-state index >= 15 is 0 Å². The van der Waals surface area contributed by atoms with Crippen LogP contribution in [0.15, 0.2) is 4.99 Å². The van der Waals surface area contributed by atoms with Crippen LogP contribution in [0.2, 0.25) is 0 Å². The summed E-state index contributed by atoms with van der Waals surface area (Å²) in [6.45, 7) is 2.21. The van der Waals surface area contributed by atoms with Gasteiger partial charge >= 0.3 is 5.97 Å². The van der Waals surface area contributed by atoms with Crippen molar-refractivity contribution in [3.8, 4) is 0 Å². The fourth-order valence-electron chi connectivity index (χ4n) is 0.847. The fourth-order valence-corrected chi connectivity index (χ4v) is 0.847. The lowest BCUT2D eigenvalue weighted by Gasteiger charge is -2.04. The van der Waals surface area contributed by atoms with Crippen molar-refractivity contribution >= 4 is 11.9 Å². The van der Waals surface area contributed by atoms with Crippen molar-refractivity contribution in [1.82, 2.24) is 0 Å². The van der Waals surface area contributed by atoms with Crippen LogP contribution < -0.4 is 0 Å². The number of carbonyl (C=O) groups is 1. The van der Waals surface area contributed by atoms with E-state index in [-0.39, 0.29) is 12.5 Å². The normalized spacial score (nSPS) is 23.7. The largest absolute Gasteiger partial charge is 0.481 e. The number of carboxylic acids is 1. The van der Waals surface area contributed by atoms with Crippen LogP contribution in [0.1, 0.15) is 13.3 Å². The van der Waals surface area contributed by atoms with Crippen LogP contribution in [0.4, 0.5) is 0 Å². The van der Waals surface area contributed by atoms with E-state index in [2.05, 4.69) is 4.99 Å². The highest BCUT2D eigenvalue weighted by Crippen LogP contribution is 2.07. The maximum atomic E-state index is 10.1. The second-order valence-electron chi connectivity index (χ2n) is 2.20. The first-order valence-corrected chi connectivity index (χ1v) is 3.08. The van der Waals surface area contributed by atoms with Crippen molar-refractivity contribution in [2.75, 3.05) is 6.54 Å². The average molecular weight is 143 g/mol. The highest BCUT2D eigenvalue weighted by atomic mass is 16.5. The van der Waals surface area contributed by atoms with Crippen molar-refractivity contribution in [2.45, 2.75) is 19.4 Å². The Morgan fingerprint density at radius 2 is 2.70 bits per heavy atom. The molecule has 0 saturated heterocycles. The lowest BCUT2D eigenvalue weighted by molar-refractivity contribution is -0.138. The molecule has 1 rings (SSSR count). The Labute approximate surface area is 58.5 Å². The highest BCUT2D eigenvalue weighted by molar-refractivity contribution is 5.76. The van der Waals surface area contributed by atoms with Gasteiger partial charge in [0, 0.05) is 6.92 Å². The Morgan fingerprint density at radius 1 is 2.00 bits per heavy atom. The third-order valence-corrected chi connectivity index (χ3v) is 1.26. The summed E-state index contributed by atoms with van der Waals surface area (Å²) in [6.07, 6.45) is -0.196. The molecule has 4 heteroatoms. The molecule has 0 radical (unpaired) electrons. The number of aliphatic imine (C=N–C) groups is 1. The predicted molar refractivity (Wildman–Crippen MR) is 35.1 cm³/mol. The molecule has 0 spiro atoms. The maximum absolute atomic E-state index is 10.1. The number of carboxylic acid groups (broad SMARTS) is 1. The molecule has 0 aromatic rings. The van der Waals surface area contributed by atoms with Gasteiger partial charge in [0.05, 0.1) is 13.0 Å². The number of hydrogen-bond acceptors (Lipinski definition) is 3. The summed E-state index contributed by atoms with van der Waals surface area (Å²) in [4.78, 5) is 14.0. The third kappa shape index (κ3) is 1.72. The molecular formula is C6H9NO3. The molecule has 4 nitrogen and oxygen atoms in total. The van der Waals surface area contributed by atoms with Gasteiger partial charge in [-0.25, -0.2) is 0 Å². The van der Waals surface area contributed by atoms with Gasteiger partial charge in [0.25, 0.3) is 0 Å². The molecule has 0 fully saturated rings. The Kier molecular flexibility index (Phi) is 1.89. The monoisotopic (exact) mass is 143 g/mol. The second-order valence-corrected chi connectivity index (χ2v) is 2.20. The molecule has 1 N–H and O–H groups in total. The molecule has 1 heterocycles. The molecule has 1 aliphatic heterocycles. The number of aliphatic carboxylic acids is 1. The summed E-state index contributed by atoms with van der Waals surface area (Å²) in [7, 11) is 0. The summed E-state index contributed by atoms with van der Waals surface area (Å²) < 4.78 is 5.04. The fraction of sp³-hybridized carbons (Fsp3) is 0.667. The Bertz CT molecular complexity index is 176. The van der Waals surface area contributed by atoms with E-state index in [0.717, 1.165) is 0 Å². The first-order valence-electron chi connectivity index (χ1n) is 3.08. The zero-order chi connectivity index (χ0) is 7.56. The van der Waals surface area contributed by atoms with E-state index in [4.69, 9.17) is 9.84 Å². The Balaban J connectivity index is 2.29. The topological polar surface area (TPSA) is 58.9 Å². The van der Waals surface area contributed by atoms with Gasteiger partial charge in [-0.05, 0) is 0 Å². The Hall–Kier alpha value is -1.06. The zero-order valence-corrected chi connectivity index (χ0v) is 5.70. The quantitative estimate of drug-likeness (QED) is 0.604. The maximum Gasteiger partial charge on any atom is 0.307 e. The van der Waals surface area contributed by atoms with Crippen LogP contribution >= 0.6 is 0 Å². The first kappa shape index (κ1) is 7.05. The SMILES string of the molecule is CC1=NCC(CC(=O)O)O1. The van der Waals surface area contributed by atoms with Gasteiger partial charge in [0.2, 0.25) is 0 Å². The lowest BCUT2D eigenvalue weighted by atomic mass is 10.3. The van der Waals surface area contributed by atoms with Gasteiger partial charge in [-0.1, -0.05) is 0 Å². The van der Waals surface area contributed by atoms with Crippen molar-refractivity contribution < 1.29 is 14.6 Å². The summed E-state index contributed by atoms with van der Waals surface area (Å²) in [5.74, 6) is -0.249. The van der Waals surface area contributed by atoms with E-state index in [1.54, 1.807) is 6.92 Å². The molecule has 1 atom stereocenters. The number of nitrogens with zero attached hydrogens (tertiary/aromatic N) is 1. The van der Waals surface area contributed by atoms with Crippen LogP contribution in [0.5, 0.6) is 0 Å². The standard InChI is InChI=1S/C6H9NO3/c1-4-7-3-5(10-4)2-6(8)9/h5H,2-3H2,1H3,(H,8,9). The van der Waals surface area contributed by atoms with Gasteiger partial charge in [0.15, 0.2) is 5.90 Å². The van der Waals surface area contributed by atoms with Gasteiger partial charge in [-0.3, -0.25) is 9.79 Å². The van der Waals surface area contributed by atoms with Crippen LogP contribution in [-0.2, 0) is 9.53 Å². The molecule has 56 valence electrons. The van der Waals surface area contributed by atoms with Gasteiger partial charge in [-0.2, -0.15) is 0 Å². The third-order valence-electron chi connectivity index (χ3n) is 1.26. The molecule has 0 aromatic heterocycles. The summed E-state index contributed by atoms with van der Waals surface area (Å²) in [5, 5.41) is 8.33. The van der Waals surface area contributed by atoms with Gasteiger partial charge < -0.3 is 9.84 Å². The molecule has 0 aromatic carbocycles. The first-order chi connectivity index (χ1) is 4.68. The summed E-state index contributed by atoms with van der Waals surface area (Å²) in [5.41, 5.74) is 0. The second kappa shape index (κ2) is 2.68. The molecule has 1 aliphatic rings. The number of rotatable bonds is 2. The molecule has 0 aliphatic carbocycles. The highest BCUT2D eigenvalue weighted by Gasteiger charge is 2.19. The predicted octanol–water partition coefficient (Wildman–Crippen LogP) is 0.278. The van der Waals surface area contributed by atoms with Crippen LogP contribution in [0.3, 0.4) is 0 Å². The van der Waals surface area contributed by atoms with Crippen LogP contribution in [0, 0.1) is 0 Å². The number of ether oxygens (including phenoxy) is 1. The van der Waals surface area contributed by atoms with Crippen molar-refractivity contribution in [2.24, 2.45) is 4.99 Å². The molecule has 10 heavy (non-hydrogen) atoms. The van der Waals surface area contributed by atoms with E-state index < -0.39 is 5.97 Å². The van der Waals surface area contributed by atoms with Crippen LogP contribution in [0.25, 0.3) is 0 Å². The van der Waals surface area contributed by atoms with E-state index in [0.29, 0.717) is 12.4 Å². The average Bonchev–Trinajstić information content (AvgIpc) is 2.13. The summed E-state index contributed by atoms with van der Waals surface area (Å²) >= 11 is 0. The van der Waals surface area contributed by atoms with Gasteiger partial charge in [-0.15, -0.1) is 0 Å². The van der Waals surface area contributed by atoms with E-state index in [9.17, 15) is 4.79 Å². The molecule has 0 amide bonds.